The summed E-state index contributed by atoms with van der Waals surface area (Å²) in [5.41, 5.74) is 0. The predicted octanol–water partition coefficient (Wildman–Crippen LogP) is -0.420. The summed E-state index contributed by atoms with van der Waals surface area (Å²) in [6.45, 7) is 26.2. The van der Waals surface area contributed by atoms with Gasteiger partial charge in [0.25, 0.3) is 0 Å². The van der Waals surface area contributed by atoms with Gasteiger partial charge in [-0.3, -0.25) is 0 Å². The van der Waals surface area contributed by atoms with Crippen LogP contribution in [0.3, 0.4) is 0 Å². The quantitative estimate of drug-likeness (QED) is 0.168. The van der Waals surface area contributed by atoms with Gasteiger partial charge in [-0.05, 0) is 38.5 Å². The largest absolute Gasteiger partial charge is 1.00 e. The molecule has 0 spiro atoms. The zero-order valence-electron chi connectivity index (χ0n) is 19.9. The number of unbranched alkanes of at least 4 members (excludes halogenated alkanes) is 3. The van der Waals surface area contributed by atoms with Crippen molar-refractivity contribution in [2.75, 3.05) is 52.4 Å². The van der Waals surface area contributed by atoms with Crippen molar-refractivity contribution in [3.63, 3.8) is 0 Å². The van der Waals surface area contributed by atoms with Crippen LogP contribution < -0.4 is 48.0 Å². The van der Waals surface area contributed by atoms with Gasteiger partial charge in [0.05, 0.1) is 52.4 Å². The van der Waals surface area contributed by atoms with Crippen molar-refractivity contribution in [2.24, 2.45) is 23.7 Å². The summed E-state index contributed by atoms with van der Waals surface area (Å²) in [6.07, 6.45) is 8.55. The highest BCUT2D eigenvalue weighted by molar-refractivity contribution is 4.71. The zero-order valence-corrected chi connectivity index (χ0v) is 24.2. The van der Waals surface area contributed by atoms with Crippen molar-refractivity contribution in [3.8, 4) is 0 Å². The van der Waals surface area contributed by atoms with Crippen LogP contribution >= 0.6 is 0 Å². The average Bonchev–Trinajstić information content (AvgIpc) is 3.01. The molecule has 0 N–H and O–H groups in total. The highest BCUT2D eigenvalue weighted by Gasteiger charge is 2.40. The standard InChI is InChI=1S/C24H50N2.2HI/c1-7-13-25(17-21(3)22(4)18-25)15-11-9-10-12-16-26(14-8-2)19-23(5)24(6)20-26;;/h21-24H,7-20H2,1-6H3;2*1H/q+2;;/p-2. The fourth-order valence-electron chi connectivity index (χ4n) is 6.46. The molecule has 0 aromatic carbocycles. The zero-order chi connectivity index (χ0) is 19.2. The Kier molecular flexibility index (Phi) is 14.4. The van der Waals surface area contributed by atoms with Gasteiger partial charge in [0.2, 0.25) is 0 Å². The van der Waals surface area contributed by atoms with Crippen LogP contribution in [0.25, 0.3) is 0 Å². The lowest BCUT2D eigenvalue weighted by Crippen LogP contribution is -3.00. The van der Waals surface area contributed by atoms with Gasteiger partial charge in [-0.15, -0.1) is 0 Å². The summed E-state index contributed by atoms with van der Waals surface area (Å²) >= 11 is 0. The Balaban J connectivity index is 0.00000364. The summed E-state index contributed by atoms with van der Waals surface area (Å²) in [4.78, 5) is 0. The van der Waals surface area contributed by atoms with Crippen molar-refractivity contribution in [1.82, 2.24) is 0 Å². The third-order valence-corrected chi connectivity index (χ3v) is 8.05. The fourth-order valence-corrected chi connectivity index (χ4v) is 6.46. The lowest BCUT2D eigenvalue weighted by atomic mass is 10.0. The molecule has 4 heteroatoms. The van der Waals surface area contributed by atoms with Crippen LogP contribution in [-0.2, 0) is 0 Å². The van der Waals surface area contributed by atoms with E-state index in [0.717, 1.165) is 23.7 Å². The summed E-state index contributed by atoms with van der Waals surface area (Å²) in [5, 5.41) is 0. The van der Waals surface area contributed by atoms with Crippen LogP contribution in [0.1, 0.15) is 80.1 Å². The second-order valence-electron chi connectivity index (χ2n) is 10.6. The molecule has 0 aromatic heterocycles. The Morgan fingerprint density at radius 1 is 0.500 bits per heavy atom. The lowest BCUT2D eigenvalue weighted by Gasteiger charge is -2.35. The van der Waals surface area contributed by atoms with Crippen LogP contribution in [-0.4, -0.2) is 61.3 Å². The highest BCUT2D eigenvalue weighted by Crippen LogP contribution is 2.32. The Morgan fingerprint density at radius 3 is 1.04 bits per heavy atom. The Labute approximate surface area is 211 Å². The van der Waals surface area contributed by atoms with E-state index in [-0.39, 0.29) is 48.0 Å². The van der Waals surface area contributed by atoms with Gasteiger partial charge in [0, 0.05) is 23.7 Å². The lowest BCUT2D eigenvalue weighted by molar-refractivity contribution is -0.920. The molecule has 0 bridgehead atoms. The van der Waals surface area contributed by atoms with Crippen molar-refractivity contribution in [2.45, 2.75) is 80.1 Å². The Hall–Kier alpha value is 1.38. The van der Waals surface area contributed by atoms with Gasteiger partial charge >= 0.3 is 0 Å². The number of halogens is 2. The SMILES string of the molecule is CCC[N+]1(CCCCCC[N+]2(CCC)CC(C)C(C)C2)CC(C)C(C)C1.[I-].[I-]. The van der Waals surface area contributed by atoms with Crippen LogP contribution in [0.2, 0.25) is 0 Å². The van der Waals surface area contributed by atoms with E-state index in [0.29, 0.717) is 0 Å². The molecule has 0 aliphatic carbocycles. The van der Waals surface area contributed by atoms with E-state index in [9.17, 15) is 0 Å². The second kappa shape index (κ2) is 13.7. The Morgan fingerprint density at radius 2 is 0.786 bits per heavy atom. The molecule has 0 amide bonds. The molecule has 2 fully saturated rings. The molecular weight excluding hydrogens is 570 g/mol. The van der Waals surface area contributed by atoms with Crippen LogP contribution in [0.15, 0.2) is 0 Å². The van der Waals surface area contributed by atoms with E-state index < -0.39 is 0 Å². The van der Waals surface area contributed by atoms with E-state index in [1.807, 2.05) is 0 Å². The summed E-state index contributed by atoms with van der Waals surface area (Å²) < 4.78 is 2.87. The number of hydrogen-bond donors (Lipinski definition) is 0. The van der Waals surface area contributed by atoms with Gasteiger partial charge < -0.3 is 56.9 Å². The van der Waals surface area contributed by atoms with Crippen molar-refractivity contribution < 1.29 is 56.9 Å². The first-order chi connectivity index (χ1) is 12.4. The van der Waals surface area contributed by atoms with E-state index in [1.165, 1.54) is 99.8 Å². The molecule has 2 heterocycles. The van der Waals surface area contributed by atoms with Gasteiger partial charge in [0.1, 0.15) is 0 Å². The maximum absolute atomic E-state index is 2.48. The second-order valence-corrected chi connectivity index (χ2v) is 10.6. The Bertz CT molecular complexity index is 357. The molecule has 0 aromatic rings. The number of nitrogens with zero attached hydrogens (tertiary/aromatic N) is 2. The van der Waals surface area contributed by atoms with Gasteiger partial charge in [0.15, 0.2) is 0 Å². The molecule has 0 radical (unpaired) electrons. The summed E-state index contributed by atoms with van der Waals surface area (Å²) in [7, 11) is 0. The molecule has 4 atom stereocenters. The number of quaternary nitrogens is 2. The van der Waals surface area contributed by atoms with Gasteiger partial charge in [-0.1, -0.05) is 41.5 Å². The third kappa shape index (κ3) is 8.14. The van der Waals surface area contributed by atoms with E-state index in [2.05, 4.69) is 41.5 Å². The topological polar surface area (TPSA) is 0 Å². The van der Waals surface area contributed by atoms with Crippen LogP contribution in [0.4, 0.5) is 0 Å². The normalized spacial score (nSPS) is 37.5. The van der Waals surface area contributed by atoms with Gasteiger partial charge in [-0.2, -0.15) is 0 Å². The summed E-state index contributed by atoms with van der Waals surface area (Å²) in [5.74, 6) is 3.72. The molecule has 2 rings (SSSR count). The van der Waals surface area contributed by atoms with Crippen molar-refractivity contribution in [3.05, 3.63) is 0 Å². The smallest absolute Gasteiger partial charge is 0.0817 e. The van der Waals surface area contributed by atoms with Crippen molar-refractivity contribution in [1.29, 1.82) is 0 Å². The van der Waals surface area contributed by atoms with Crippen LogP contribution in [0, 0.1) is 23.7 Å². The minimum absolute atomic E-state index is 0. The monoisotopic (exact) mass is 620 g/mol. The molecule has 28 heavy (non-hydrogen) atoms. The van der Waals surface area contributed by atoms with Gasteiger partial charge in [-0.25, -0.2) is 0 Å². The molecule has 2 saturated heterocycles. The number of hydrogen-bond acceptors (Lipinski definition) is 0. The first kappa shape index (κ1) is 29.4. The van der Waals surface area contributed by atoms with E-state index in [4.69, 9.17) is 0 Å². The molecule has 2 nitrogen and oxygen atoms in total. The first-order valence-electron chi connectivity index (χ1n) is 12.1. The van der Waals surface area contributed by atoms with Crippen molar-refractivity contribution >= 4 is 0 Å². The molecule has 2 aliphatic rings. The maximum atomic E-state index is 2.48. The molecule has 170 valence electrons. The van der Waals surface area contributed by atoms with E-state index in [1.54, 1.807) is 0 Å². The number of rotatable bonds is 11. The molecule has 2 aliphatic heterocycles. The predicted molar refractivity (Wildman–Crippen MR) is 115 cm³/mol. The van der Waals surface area contributed by atoms with E-state index >= 15 is 0 Å². The number of likely N-dealkylation sites (tertiary alicyclic amines) is 2. The molecule has 0 saturated carbocycles. The maximum Gasteiger partial charge on any atom is 0.0817 e. The van der Waals surface area contributed by atoms with Crippen LogP contribution in [0.5, 0.6) is 0 Å². The molecular formula is C24H50I2N2. The third-order valence-electron chi connectivity index (χ3n) is 8.05. The minimum atomic E-state index is 0. The average molecular weight is 620 g/mol. The first-order valence-corrected chi connectivity index (χ1v) is 12.1. The highest BCUT2D eigenvalue weighted by atomic mass is 127. The summed E-state index contributed by atoms with van der Waals surface area (Å²) in [6, 6.07) is 0. The minimum Gasteiger partial charge on any atom is -1.00 e. The fraction of sp³-hybridized carbons (Fsp3) is 1.00. The molecule has 4 unspecified atom stereocenters.